The van der Waals surface area contributed by atoms with Gasteiger partial charge in [0.25, 0.3) is 11.8 Å². The van der Waals surface area contributed by atoms with Crippen LogP contribution in [0.15, 0.2) is 64.6 Å². The van der Waals surface area contributed by atoms with Gasteiger partial charge < -0.3 is 9.30 Å². The van der Waals surface area contributed by atoms with E-state index in [1.54, 1.807) is 24.3 Å². The Morgan fingerprint density at radius 1 is 1.00 bits per heavy atom. The van der Waals surface area contributed by atoms with Crippen molar-refractivity contribution in [3.63, 3.8) is 0 Å². The zero-order chi connectivity index (χ0) is 23.7. The molecular weight excluding hydrogens is 486 g/mol. The summed E-state index contributed by atoms with van der Waals surface area (Å²) in [4.78, 5) is 39.1. The van der Waals surface area contributed by atoms with Crippen molar-refractivity contribution in [3.05, 3.63) is 81.6 Å². The zero-order valence-electron chi connectivity index (χ0n) is 18.4. The molecule has 33 heavy (non-hydrogen) atoms. The predicted molar refractivity (Wildman–Crippen MR) is 130 cm³/mol. The van der Waals surface area contributed by atoms with Crippen LogP contribution in [-0.2, 0) is 9.59 Å². The van der Waals surface area contributed by atoms with Crippen LogP contribution in [0.25, 0.3) is 11.8 Å². The number of barbiturate groups is 1. The summed E-state index contributed by atoms with van der Waals surface area (Å²) in [5.41, 5.74) is 3.70. The summed E-state index contributed by atoms with van der Waals surface area (Å²) in [5, 5.41) is 2.26. The van der Waals surface area contributed by atoms with Crippen molar-refractivity contribution >= 4 is 45.5 Å². The van der Waals surface area contributed by atoms with Crippen molar-refractivity contribution in [1.82, 2.24) is 9.88 Å². The Hall–Kier alpha value is -3.65. The molecule has 0 aliphatic carbocycles. The molecule has 4 amide bonds. The molecule has 1 aliphatic rings. The van der Waals surface area contributed by atoms with Crippen LogP contribution < -0.4 is 15.0 Å². The van der Waals surface area contributed by atoms with Gasteiger partial charge in [-0.05, 0) is 80.9 Å². The summed E-state index contributed by atoms with van der Waals surface area (Å²) >= 11 is 3.34. The van der Waals surface area contributed by atoms with E-state index in [0.29, 0.717) is 22.3 Å². The maximum Gasteiger partial charge on any atom is 0.335 e. The van der Waals surface area contributed by atoms with Gasteiger partial charge in [0.05, 0.1) is 12.3 Å². The molecule has 4 rings (SSSR count). The molecule has 0 spiro atoms. The number of amides is 4. The third-order valence-electron chi connectivity index (χ3n) is 5.34. The van der Waals surface area contributed by atoms with Gasteiger partial charge in [0.1, 0.15) is 11.3 Å². The molecule has 1 aromatic heterocycles. The van der Waals surface area contributed by atoms with Crippen molar-refractivity contribution in [2.75, 3.05) is 11.5 Å². The molecule has 1 saturated heterocycles. The number of halogens is 1. The predicted octanol–water partition coefficient (Wildman–Crippen LogP) is 4.92. The van der Waals surface area contributed by atoms with Crippen molar-refractivity contribution in [2.45, 2.75) is 20.8 Å². The van der Waals surface area contributed by atoms with Crippen LogP contribution in [0.3, 0.4) is 0 Å². The van der Waals surface area contributed by atoms with E-state index in [2.05, 4.69) is 21.2 Å². The molecule has 0 atom stereocenters. The van der Waals surface area contributed by atoms with E-state index < -0.39 is 17.8 Å². The molecule has 0 unspecified atom stereocenters. The number of imide groups is 2. The third kappa shape index (κ3) is 4.34. The SMILES string of the molecule is CCOc1ccc(-n2c(C)cc(/C=C3\C(=O)NC(=O)N(c4cccc(Br)c4)C3=O)c2C)cc1. The van der Waals surface area contributed by atoms with Gasteiger partial charge in [0, 0.05) is 21.5 Å². The van der Waals surface area contributed by atoms with Gasteiger partial charge in [-0.3, -0.25) is 14.9 Å². The number of carbonyl (C=O) groups is 3. The molecular formula is C25H22BrN3O4. The highest BCUT2D eigenvalue weighted by Gasteiger charge is 2.37. The number of nitrogens with one attached hydrogen (secondary N) is 1. The maximum absolute atomic E-state index is 13.2. The zero-order valence-corrected chi connectivity index (χ0v) is 20.0. The van der Waals surface area contributed by atoms with Crippen LogP contribution in [0.5, 0.6) is 5.75 Å². The molecule has 7 nitrogen and oxygen atoms in total. The van der Waals surface area contributed by atoms with Crippen LogP contribution in [0.1, 0.15) is 23.9 Å². The minimum atomic E-state index is -0.778. The Morgan fingerprint density at radius 2 is 1.73 bits per heavy atom. The number of aryl methyl sites for hydroxylation is 1. The molecule has 0 bridgehead atoms. The summed E-state index contributed by atoms with van der Waals surface area (Å²) in [6, 6.07) is 15.6. The van der Waals surface area contributed by atoms with Crippen molar-refractivity contribution in [2.24, 2.45) is 0 Å². The highest BCUT2D eigenvalue weighted by atomic mass is 79.9. The van der Waals surface area contributed by atoms with E-state index in [1.165, 1.54) is 6.08 Å². The summed E-state index contributed by atoms with van der Waals surface area (Å²) < 4.78 is 8.26. The van der Waals surface area contributed by atoms with Gasteiger partial charge >= 0.3 is 6.03 Å². The van der Waals surface area contributed by atoms with E-state index >= 15 is 0 Å². The Labute approximate surface area is 199 Å². The average molecular weight is 508 g/mol. The summed E-state index contributed by atoms with van der Waals surface area (Å²) in [6.45, 7) is 6.39. The number of benzene rings is 2. The Kier molecular flexibility index (Phi) is 6.20. The highest BCUT2D eigenvalue weighted by Crippen LogP contribution is 2.27. The number of urea groups is 1. The number of nitrogens with zero attached hydrogens (tertiary/aromatic N) is 2. The minimum Gasteiger partial charge on any atom is -0.494 e. The van der Waals surface area contributed by atoms with Gasteiger partial charge in [-0.2, -0.15) is 0 Å². The van der Waals surface area contributed by atoms with Crippen LogP contribution in [0.2, 0.25) is 0 Å². The van der Waals surface area contributed by atoms with Gasteiger partial charge in [-0.1, -0.05) is 22.0 Å². The lowest BCUT2D eigenvalue weighted by molar-refractivity contribution is -0.122. The molecule has 3 aromatic rings. The molecule has 1 fully saturated rings. The van der Waals surface area contributed by atoms with Crippen molar-refractivity contribution < 1.29 is 19.1 Å². The van der Waals surface area contributed by atoms with E-state index in [0.717, 1.165) is 27.7 Å². The first-order chi connectivity index (χ1) is 15.8. The first-order valence-corrected chi connectivity index (χ1v) is 11.2. The summed E-state index contributed by atoms with van der Waals surface area (Å²) in [5.74, 6) is -0.609. The fourth-order valence-electron chi connectivity index (χ4n) is 3.85. The molecule has 8 heteroatoms. The van der Waals surface area contributed by atoms with E-state index in [1.807, 2.05) is 55.7 Å². The van der Waals surface area contributed by atoms with Crippen LogP contribution in [-0.4, -0.2) is 29.0 Å². The van der Waals surface area contributed by atoms with Crippen molar-refractivity contribution in [1.29, 1.82) is 0 Å². The first-order valence-electron chi connectivity index (χ1n) is 10.4. The van der Waals surface area contributed by atoms with Crippen LogP contribution >= 0.6 is 15.9 Å². The minimum absolute atomic E-state index is 0.110. The standard InChI is InChI=1S/C25H22BrN3O4/c1-4-33-21-10-8-19(9-11-21)28-15(2)12-17(16(28)3)13-22-23(30)27-25(32)29(24(22)31)20-7-5-6-18(26)14-20/h5-14H,4H2,1-3H3,(H,27,30,32)/b22-13+. The number of hydrogen-bond acceptors (Lipinski definition) is 4. The van der Waals surface area contributed by atoms with Crippen LogP contribution in [0, 0.1) is 13.8 Å². The van der Waals surface area contributed by atoms with Gasteiger partial charge in [0.15, 0.2) is 0 Å². The second-order valence-electron chi connectivity index (χ2n) is 7.53. The molecule has 0 saturated carbocycles. The quantitative estimate of drug-likeness (QED) is 0.392. The molecule has 2 aromatic carbocycles. The van der Waals surface area contributed by atoms with Crippen LogP contribution in [0.4, 0.5) is 10.5 Å². The Morgan fingerprint density at radius 3 is 2.39 bits per heavy atom. The molecule has 0 radical (unpaired) electrons. The fourth-order valence-corrected chi connectivity index (χ4v) is 4.24. The monoisotopic (exact) mass is 507 g/mol. The lowest BCUT2D eigenvalue weighted by Gasteiger charge is -2.26. The number of hydrogen-bond donors (Lipinski definition) is 1. The van der Waals surface area contributed by atoms with Gasteiger partial charge in [-0.15, -0.1) is 0 Å². The second kappa shape index (κ2) is 9.07. The molecule has 168 valence electrons. The lowest BCUT2D eigenvalue weighted by Crippen LogP contribution is -2.54. The van der Waals surface area contributed by atoms with Gasteiger partial charge in [-0.25, -0.2) is 9.69 Å². The Balaban J connectivity index is 1.72. The Bertz CT molecular complexity index is 1290. The molecule has 2 heterocycles. The number of rotatable bonds is 5. The number of carbonyl (C=O) groups excluding carboxylic acids is 3. The van der Waals surface area contributed by atoms with E-state index in [9.17, 15) is 14.4 Å². The number of ether oxygens (including phenoxy) is 1. The summed E-state index contributed by atoms with van der Waals surface area (Å²) in [7, 11) is 0. The number of aromatic nitrogens is 1. The van der Waals surface area contributed by atoms with Crippen molar-refractivity contribution in [3.8, 4) is 11.4 Å². The lowest BCUT2D eigenvalue weighted by atomic mass is 10.1. The van der Waals surface area contributed by atoms with E-state index in [4.69, 9.17) is 4.74 Å². The average Bonchev–Trinajstić information content (AvgIpc) is 3.05. The largest absolute Gasteiger partial charge is 0.494 e. The summed E-state index contributed by atoms with van der Waals surface area (Å²) in [6.07, 6.45) is 1.53. The first kappa shape index (κ1) is 22.5. The highest BCUT2D eigenvalue weighted by molar-refractivity contribution is 9.10. The topological polar surface area (TPSA) is 80.6 Å². The van der Waals surface area contributed by atoms with E-state index in [-0.39, 0.29) is 5.57 Å². The number of anilines is 1. The smallest absolute Gasteiger partial charge is 0.335 e. The third-order valence-corrected chi connectivity index (χ3v) is 5.84. The maximum atomic E-state index is 13.2. The normalized spacial score (nSPS) is 15.2. The fraction of sp³-hybridized carbons (Fsp3) is 0.160. The second-order valence-corrected chi connectivity index (χ2v) is 8.44. The molecule has 1 aliphatic heterocycles. The van der Waals surface area contributed by atoms with Gasteiger partial charge in [0.2, 0.25) is 0 Å². The molecule has 1 N–H and O–H groups in total.